The van der Waals surface area contributed by atoms with Gasteiger partial charge in [0.25, 0.3) is 5.69 Å². The summed E-state index contributed by atoms with van der Waals surface area (Å²) in [6, 6.07) is 6.27. The lowest BCUT2D eigenvalue weighted by atomic mass is 10.2. The molecule has 3 aromatic rings. The molecule has 1 saturated heterocycles. The van der Waals surface area contributed by atoms with Crippen LogP contribution in [0.15, 0.2) is 34.8 Å². The second kappa shape index (κ2) is 10.6. The molecule has 33 heavy (non-hydrogen) atoms. The highest BCUT2D eigenvalue weighted by Gasteiger charge is 2.23. The summed E-state index contributed by atoms with van der Waals surface area (Å²) in [5.74, 6) is 0.524. The smallest absolute Gasteiger partial charge is 0.289 e. The number of aromatic nitrogens is 3. The van der Waals surface area contributed by atoms with Crippen LogP contribution >= 0.6 is 34.7 Å². The monoisotopic (exact) mass is 507 g/mol. The molecule has 12 heteroatoms. The molecule has 1 aromatic carbocycles. The third kappa shape index (κ3) is 5.72. The lowest BCUT2D eigenvalue weighted by Gasteiger charge is -2.14. The number of nitro groups is 1. The van der Waals surface area contributed by atoms with E-state index in [1.807, 2.05) is 4.57 Å². The van der Waals surface area contributed by atoms with Crippen LogP contribution in [0.3, 0.4) is 0 Å². The number of benzene rings is 1. The van der Waals surface area contributed by atoms with Crippen molar-refractivity contribution in [1.29, 1.82) is 0 Å². The zero-order valence-corrected chi connectivity index (χ0v) is 20.2. The molecule has 0 bridgehead atoms. The van der Waals surface area contributed by atoms with Gasteiger partial charge >= 0.3 is 0 Å². The number of hydrogen-bond acceptors (Lipinski definition) is 8. The van der Waals surface area contributed by atoms with Crippen molar-refractivity contribution in [3.05, 3.63) is 49.7 Å². The van der Waals surface area contributed by atoms with Crippen molar-refractivity contribution in [2.45, 2.75) is 44.0 Å². The van der Waals surface area contributed by atoms with Gasteiger partial charge in [0.15, 0.2) is 11.0 Å². The molecule has 174 valence electrons. The van der Waals surface area contributed by atoms with Crippen molar-refractivity contribution in [2.75, 3.05) is 17.7 Å². The number of rotatable bonds is 9. The minimum atomic E-state index is -0.587. The van der Waals surface area contributed by atoms with Crippen LogP contribution in [0.2, 0.25) is 5.02 Å². The average Bonchev–Trinajstić information content (AvgIpc) is 3.55. The lowest BCUT2D eigenvalue weighted by molar-refractivity contribution is -0.384. The summed E-state index contributed by atoms with van der Waals surface area (Å²) >= 11 is 8.79. The van der Waals surface area contributed by atoms with Gasteiger partial charge in [0, 0.05) is 34.2 Å². The van der Waals surface area contributed by atoms with E-state index in [0.717, 1.165) is 37.3 Å². The van der Waals surface area contributed by atoms with Crippen LogP contribution in [0.5, 0.6) is 0 Å². The molecule has 1 fully saturated rings. The molecular formula is C21H22ClN5O4S2. The van der Waals surface area contributed by atoms with Gasteiger partial charge in [0.1, 0.15) is 5.02 Å². The first-order valence-electron chi connectivity index (χ1n) is 10.4. The first-order valence-corrected chi connectivity index (χ1v) is 12.7. The van der Waals surface area contributed by atoms with Crippen molar-refractivity contribution >= 4 is 52.0 Å². The molecule has 9 nitrogen and oxygen atoms in total. The van der Waals surface area contributed by atoms with Gasteiger partial charge in [0.05, 0.1) is 23.3 Å². The first-order chi connectivity index (χ1) is 15.9. The number of nitrogens with one attached hydrogen (secondary N) is 1. The molecule has 1 aliphatic rings. The van der Waals surface area contributed by atoms with Crippen LogP contribution in [0.4, 0.5) is 11.4 Å². The number of hydrogen-bond donors (Lipinski definition) is 1. The van der Waals surface area contributed by atoms with Crippen LogP contribution in [-0.2, 0) is 22.5 Å². The number of aryl methyl sites for hydroxylation is 1. The Balaban J connectivity index is 1.48. The van der Waals surface area contributed by atoms with Gasteiger partial charge in [-0.3, -0.25) is 19.5 Å². The van der Waals surface area contributed by atoms with Crippen molar-refractivity contribution in [3.8, 4) is 11.4 Å². The number of nitro benzene ring substituents is 1. The molecule has 2 aromatic heterocycles. The Labute approximate surface area is 203 Å². The van der Waals surface area contributed by atoms with Gasteiger partial charge < -0.3 is 10.1 Å². The van der Waals surface area contributed by atoms with E-state index in [-0.39, 0.29) is 28.5 Å². The van der Waals surface area contributed by atoms with Gasteiger partial charge in [0.2, 0.25) is 5.91 Å². The summed E-state index contributed by atoms with van der Waals surface area (Å²) < 4.78 is 7.83. The van der Waals surface area contributed by atoms with Crippen molar-refractivity contribution in [3.63, 3.8) is 0 Å². The molecule has 1 unspecified atom stereocenters. The zero-order valence-electron chi connectivity index (χ0n) is 17.8. The van der Waals surface area contributed by atoms with E-state index in [2.05, 4.69) is 33.9 Å². The van der Waals surface area contributed by atoms with Gasteiger partial charge in [-0.25, -0.2) is 0 Å². The predicted octanol–water partition coefficient (Wildman–Crippen LogP) is 5.04. The van der Waals surface area contributed by atoms with Crippen LogP contribution in [0.25, 0.3) is 11.4 Å². The maximum atomic E-state index is 12.5. The average molecular weight is 508 g/mol. The van der Waals surface area contributed by atoms with Gasteiger partial charge in [-0.15, -0.1) is 21.5 Å². The van der Waals surface area contributed by atoms with E-state index < -0.39 is 4.92 Å². The van der Waals surface area contributed by atoms with Crippen LogP contribution < -0.4 is 5.32 Å². The van der Waals surface area contributed by atoms with Gasteiger partial charge in [-0.05, 0) is 37.5 Å². The van der Waals surface area contributed by atoms with E-state index in [1.54, 1.807) is 11.3 Å². The van der Waals surface area contributed by atoms with Crippen LogP contribution in [0.1, 0.15) is 24.6 Å². The number of nitrogens with zero attached hydrogens (tertiary/aromatic N) is 4. The van der Waals surface area contributed by atoms with Crippen molar-refractivity contribution in [2.24, 2.45) is 0 Å². The molecule has 0 saturated carbocycles. The first kappa shape index (κ1) is 23.7. The molecule has 0 aliphatic carbocycles. The fourth-order valence-corrected chi connectivity index (χ4v) is 5.25. The molecule has 0 spiro atoms. The standard InChI is InChI=1S/C21H22ClN5O4S2/c1-2-16-8-13(11-32-16)20-24-25-21(26(20)10-15-4-3-7-31-15)33-12-19(28)23-14-5-6-17(22)18(9-14)27(29)30/h5-6,8-9,11,15H,2-4,7,10,12H2,1H3,(H,23,28). The highest BCUT2D eigenvalue weighted by Crippen LogP contribution is 2.30. The summed E-state index contributed by atoms with van der Waals surface area (Å²) in [4.78, 5) is 24.3. The number of ether oxygens (including phenoxy) is 1. The molecule has 3 heterocycles. The molecule has 1 amide bonds. The van der Waals surface area contributed by atoms with E-state index in [4.69, 9.17) is 16.3 Å². The lowest BCUT2D eigenvalue weighted by Crippen LogP contribution is -2.18. The quantitative estimate of drug-likeness (QED) is 0.245. The normalized spacial score (nSPS) is 15.6. The third-order valence-corrected chi connectivity index (χ3v) is 7.51. The minimum absolute atomic E-state index is 0.0156. The summed E-state index contributed by atoms with van der Waals surface area (Å²) in [7, 11) is 0. The number of carbonyl (C=O) groups is 1. The Morgan fingerprint density at radius 1 is 1.42 bits per heavy atom. The molecular weight excluding hydrogens is 486 g/mol. The fourth-order valence-electron chi connectivity index (χ4n) is 3.51. The number of thiophene rings is 1. The molecule has 1 atom stereocenters. The van der Waals surface area contributed by atoms with E-state index in [9.17, 15) is 14.9 Å². The Kier molecular flexibility index (Phi) is 7.63. The number of carbonyl (C=O) groups excluding carboxylic acids is 1. The topological polar surface area (TPSA) is 112 Å². The summed E-state index contributed by atoms with van der Waals surface area (Å²) in [6.07, 6.45) is 3.04. The Morgan fingerprint density at radius 3 is 2.97 bits per heavy atom. The summed E-state index contributed by atoms with van der Waals surface area (Å²) in [6.45, 7) is 3.48. The zero-order chi connectivity index (χ0) is 23.4. The van der Waals surface area contributed by atoms with Crippen molar-refractivity contribution in [1.82, 2.24) is 14.8 Å². The number of amides is 1. The third-order valence-electron chi connectivity index (χ3n) is 5.15. The maximum absolute atomic E-state index is 12.5. The Hall–Kier alpha value is -2.47. The number of anilines is 1. The van der Waals surface area contributed by atoms with E-state index in [1.165, 1.54) is 34.8 Å². The summed E-state index contributed by atoms with van der Waals surface area (Å²) in [5.41, 5.74) is 1.06. The van der Waals surface area contributed by atoms with E-state index >= 15 is 0 Å². The minimum Gasteiger partial charge on any atom is -0.376 e. The van der Waals surface area contributed by atoms with Gasteiger partial charge in [-0.2, -0.15) is 0 Å². The Bertz CT molecular complexity index is 1160. The number of thioether (sulfide) groups is 1. The van der Waals surface area contributed by atoms with Crippen LogP contribution in [-0.4, -0.2) is 44.1 Å². The number of halogens is 1. The second-order valence-corrected chi connectivity index (χ2v) is 9.81. The largest absolute Gasteiger partial charge is 0.376 e. The fraction of sp³-hybridized carbons (Fsp3) is 0.381. The molecule has 0 radical (unpaired) electrons. The van der Waals surface area contributed by atoms with E-state index in [0.29, 0.717) is 17.4 Å². The second-order valence-electron chi connectivity index (χ2n) is 7.47. The predicted molar refractivity (Wildman–Crippen MR) is 129 cm³/mol. The highest BCUT2D eigenvalue weighted by atomic mass is 35.5. The molecule has 4 rings (SSSR count). The van der Waals surface area contributed by atoms with Crippen molar-refractivity contribution < 1.29 is 14.5 Å². The Morgan fingerprint density at radius 2 is 2.27 bits per heavy atom. The maximum Gasteiger partial charge on any atom is 0.289 e. The van der Waals surface area contributed by atoms with Crippen LogP contribution in [0, 0.1) is 10.1 Å². The highest BCUT2D eigenvalue weighted by molar-refractivity contribution is 7.99. The summed E-state index contributed by atoms with van der Waals surface area (Å²) in [5, 5.41) is 25.2. The van der Waals surface area contributed by atoms with Gasteiger partial charge in [-0.1, -0.05) is 30.3 Å². The SMILES string of the molecule is CCc1cc(-c2nnc(SCC(=O)Nc3ccc(Cl)c([N+](=O)[O-])c3)n2CC2CCCO2)cs1. The molecule has 1 N–H and O–H groups in total. The molecule has 1 aliphatic heterocycles.